The molecule has 0 saturated heterocycles. The van der Waals surface area contributed by atoms with Crippen LogP contribution in [0.2, 0.25) is 0 Å². The number of hydrogen-bond donors (Lipinski definition) is 2. The minimum atomic E-state index is -0.733. The van der Waals surface area contributed by atoms with Gasteiger partial charge in [0.2, 0.25) is 0 Å². The Balaban J connectivity index is 1.64. The molecule has 9 nitrogen and oxygen atoms in total. The Morgan fingerprint density at radius 2 is 1.85 bits per heavy atom. The standard InChI is InChI=1S/C31H30N4O5S/c1-4-40-29(37)19-12-14-21(15-13-19)32-30(41)34-25-11-6-5-10-23(25)33-24-17-31(2,3)18-26(36)27(24)28(34)20-8-7-9-22(16-20)35(38)39/h5-16,28,33H,4,17-18H2,1-3H3,(H,32,41)/t28-/m1/s1. The molecule has 0 amide bonds. The molecule has 0 bridgehead atoms. The highest BCUT2D eigenvalue weighted by Crippen LogP contribution is 2.48. The second-order valence-electron chi connectivity index (χ2n) is 10.8. The van der Waals surface area contributed by atoms with Gasteiger partial charge in [-0.25, -0.2) is 4.79 Å². The number of carbonyl (C=O) groups is 2. The van der Waals surface area contributed by atoms with Gasteiger partial charge in [0.25, 0.3) is 5.69 Å². The number of nitro benzene ring substituents is 1. The van der Waals surface area contributed by atoms with Crippen molar-refractivity contribution in [1.82, 2.24) is 0 Å². The summed E-state index contributed by atoms with van der Waals surface area (Å²) >= 11 is 5.98. The van der Waals surface area contributed by atoms with Crippen LogP contribution in [0.15, 0.2) is 84.1 Å². The normalized spacial score (nSPS) is 17.5. The molecule has 0 aromatic heterocycles. The number of allylic oxidation sites excluding steroid dienone is 1. The summed E-state index contributed by atoms with van der Waals surface area (Å²) in [6, 6.07) is 19.9. The summed E-state index contributed by atoms with van der Waals surface area (Å²) in [5, 5.41) is 18.8. The molecule has 3 aromatic rings. The lowest BCUT2D eigenvalue weighted by molar-refractivity contribution is -0.384. The van der Waals surface area contributed by atoms with E-state index >= 15 is 0 Å². The van der Waals surface area contributed by atoms with Crippen molar-refractivity contribution < 1.29 is 19.2 Å². The molecular formula is C31H30N4O5S. The minimum absolute atomic E-state index is 0.0420. The molecule has 1 atom stereocenters. The molecule has 5 rings (SSSR count). The van der Waals surface area contributed by atoms with E-state index in [0.717, 1.165) is 11.4 Å². The lowest BCUT2D eigenvalue weighted by Crippen LogP contribution is -2.41. The number of nitro groups is 1. The number of nitrogens with one attached hydrogen (secondary N) is 2. The molecule has 0 saturated carbocycles. The minimum Gasteiger partial charge on any atom is -0.462 e. The number of rotatable bonds is 5. The van der Waals surface area contributed by atoms with Crippen LogP contribution in [0.1, 0.15) is 55.6 Å². The van der Waals surface area contributed by atoms with Crippen LogP contribution in [-0.4, -0.2) is 28.4 Å². The zero-order chi connectivity index (χ0) is 29.3. The van der Waals surface area contributed by atoms with Gasteiger partial charge in [0.1, 0.15) is 0 Å². The molecule has 0 spiro atoms. The fraction of sp³-hybridized carbons (Fsp3) is 0.258. The number of ether oxygens (including phenoxy) is 1. The molecule has 1 aliphatic carbocycles. The molecule has 2 aliphatic rings. The number of anilines is 3. The third kappa shape index (κ3) is 5.69. The topological polar surface area (TPSA) is 114 Å². The fourth-order valence-corrected chi connectivity index (χ4v) is 5.74. The largest absolute Gasteiger partial charge is 0.462 e. The van der Waals surface area contributed by atoms with Gasteiger partial charge in [-0.2, -0.15) is 0 Å². The average molecular weight is 571 g/mol. The predicted octanol–water partition coefficient (Wildman–Crippen LogP) is 6.78. The predicted molar refractivity (Wildman–Crippen MR) is 162 cm³/mol. The summed E-state index contributed by atoms with van der Waals surface area (Å²) in [6.07, 6.45) is 0.954. The number of thiocarbonyl (C=S) groups is 1. The van der Waals surface area contributed by atoms with E-state index in [9.17, 15) is 19.7 Å². The van der Waals surface area contributed by atoms with E-state index < -0.39 is 16.9 Å². The summed E-state index contributed by atoms with van der Waals surface area (Å²) in [5.41, 5.74) is 4.05. The number of hydrogen-bond acceptors (Lipinski definition) is 7. The van der Waals surface area contributed by atoms with E-state index in [1.807, 2.05) is 29.2 Å². The highest BCUT2D eigenvalue weighted by atomic mass is 32.1. The maximum absolute atomic E-state index is 13.9. The number of para-hydroxylation sites is 2. The first-order chi connectivity index (χ1) is 19.6. The quantitative estimate of drug-likeness (QED) is 0.148. The molecule has 1 heterocycles. The van der Waals surface area contributed by atoms with Crippen molar-refractivity contribution in [2.75, 3.05) is 22.1 Å². The molecule has 3 aromatic carbocycles. The molecule has 41 heavy (non-hydrogen) atoms. The van der Waals surface area contributed by atoms with Gasteiger partial charge >= 0.3 is 5.97 Å². The van der Waals surface area contributed by atoms with Crippen LogP contribution in [0.25, 0.3) is 0 Å². The summed E-state index contributed by atoms with van der Waals surface area (Å²) in [6.45, 7) is 6.13. The van der Waals surface area contributed by atoms with Crippen LogP contribution < -0.4 is 15.5 Å². The van der Waals surface area contributed by atoms with E-state index in [0.29, 0.717) is 40.9 Å². The maximum atomic E-state index is 13.9. The highest BCUT2D eigenvalue weighted by molar-refractivity contribution is 7.80. The molecule has 10 heteroatoms. The number of non-ortho nitro benzene ring substituents is 1. The van der Waals surface area contributed by atoms with E-state index in [1.54, 1.807) is 43.3 Å². The SMILES string of the molecule is CCOC(=O)c1ccc(NC(=S)N2c3ccccc3NC3=C(C(=O)CC(C)(C)C3)[C@H]2c2cccc([N+](=O)[O-])c2)cc1. The number of benzene rings is 3. The van der Waals surface area contributed by atoms with Crippen LogP contribution in [0.4, 0.5) is 22.7 Å². The molecule has 210 valence electrons. The highest BCUT2D eigenvalue weighted by Gasteiger charge is 2.42. The van der Waals surface area contributed by atoms with Crippen LogP contribution >= 0.6 is 12.2 Å². The van der Waals surface area contributed by atoms with Crippen molar-refractivity contribution in [3.05, 3.63) is 105 Å². The third-order valence-electron chi connectivity index (χ3n) is 7.16. The summed E-state index contributed by atoms with van der Waals surface area (Å²) in [7, 11) is 0. The Bertz CT molecular complexity index is 1580. The number of carbonyl (C=O) groups excluding carboxylic acids is 2. The monoisotopic (exact) mass is 570 g/mol. The Morgan fingerprint density at radius 3 is 2.56 bits per heavy atom. The van der Waals surface area contributed by atoms with Gasteiger partial charge in [0.15, 0.2) is 10.9 Å². The first-order valence-corrected chi connectivity index (χ1v) is 13.7. The van der Waals surface area contributed by atoms with Crippen molar-refractivity contribution in [2.24, 2.45) is 5.41 Å². The Kier molecular flexibility index (Phi) is 7.59. The Hall–Kier alpha value is -4.57. The molecule has 0 radical (unpaired) electrons. The van der Waals surface area contributed by atoms with Crippen molar-refractivity contribution >= 4 is 51.8 Å². The number of nitrogens with zero attached hydrogens (tertiary/aromatic N) is 2. The second-order valence-corrected chi connectivity index (χ2v) is 11.2. The molecule has 1 aliphatic heterocycles. The number of ketones is 1. The third-order valence-corrected chi connectivity index (χ3v) is 7.46. The first-order valence-electron chi connectivity index (χ1n) is 13.3. The first kappa shape index (κ1) is 28.0. The lowest BCUT2D eigenvalue weighted by atomic mass is 9.73. The Labute approximate surface area is 243 Å². The number of esters is 1. The van der Waals surface area contributed by atoms with Crippen LogP contribution in [0, 0.1) is 15.5 Å². The van der Waals surface area contributed by atoms with E-state index in [-0.39, 0.29) is 28.6 Å². The summed E-state index contributed by atoms with van der Waals surface area (Å²) in [4.78, 5) is 39.1. The number of Topliss-reactive ketones (excluding diaryl/α,β-unsaturated/α-hetero) is 1. The van der Waals surface area contributed by atoms with Gasteiger partial charge in [0.05, 0.1) is 34.5 Å². The number of fused-ring (bicyclic) bond motifs is 1. The maximum Gasteiger partial charge on any atom is 0.338 e. The smallest absolute Gasteiger partial charge is 0.338 e. The lowest BCUT2D eigenvalue weighted by Gasteiger charge is -2.38. The van der Waals surface area contributed by atoms with Crippen molar-refractivity contribution in [1.29, 1.82) is 0 Å². The van der Waals surface area contributed by atoms with Gasteiger partial charge in [-0.1, -0.05) is 38.1 Å². The summed E-state index contributed by atoms with van der Waals surface area (Å²) < 4.78 is 5.08. The molecule has 0 unspecified atom stereocenters. The Morgan fingerprint density at radius 1 is 1.12 bits per heavy atom. The molecule has 0 fully saturated rings. The second kappa shape index (κ2) is 11.1. The zero-order valence-corrected chi connectivity index (χ0v) is 23.8. The van der Waals surface area contributed by atoms with E-state index in [1.165, 1.54) is 12.1 Å². The van der Waals surface area contributed by atoms with E-state index in [4.69, 9.17) is 17.0 Å². The van der Waals surface area contributed by atoms with Gasteiger partial charge < -0.3 is 20.3 Å². The molecule has 2 N–H and O–H groups in total. The average Bonchev–Trinajstić information content (AvgIpc) is 3.07. The summed E-state index contributed by atoms with van der Waals surface area (Å²) in [5.74, 6) is -0.460. The van der Waals surface area contributed by atoms with Gasteiger partial charge in [-0.3, -0.25) is 14.9 Å². The zero-order valence-electron chi connectivity index (χ0n) is 23.0. The van der Waals surface area contributed by atoms with Crippen LogP contribution in [-0.2, 0) is 9.53 Å². The van der Waals surface area contributed by atoms with Gasteiger partial charge in [0, 0.05) is 35.5 Å². The van der Waals surface area contributed by atoms with Crippen molar-refractivity contribution in [2.45, 2.75) is 39.7 Å². The van der Waals surface area contributed by atoms with Gasteiger partial charge in [-0.05, 0) is 72.9 Å². The van der Waals surface area contributed by atoms with E-state index in [2.05, 4.69) is 24.5 Å². The van der Waals surface area contributed by atoms with Crippen molar-refractivity contribution in [3.8, 4) is 0 Å². The van der Waals surface area contributed by atoms with Gasteiger partial charge in [-0.15, -0.1) is 0 Å². The van der Waals surface area contributed by atoms with Crippen LogP contribution in [0.3, 0.4) is 0 Å². The fourth-order valence-electron chi connectivity index (χ4n) is 5.42. The molecular weight excluding hydrogens is 540 g/mol. The van der Waals surface area contributed by atoms with Crippen molar-refractivity contribution in [3.63, 3.8) is 0 Å². The van der Waals surface area contributed by atoms with Crippen LogP contribution in [0.5, 0.6) is 0 Å².